The zero-order chi connectivity index (χ0) is 20.5. The summed E-state index contributed by atoms with van der Waals surface area (Å²) in [6, 6.07) is 4.58. The van der Waals surface area contributed by atoms with E-state index >= 15 is 0 Å². The fourth-order valence-corrected chi connectivity index (χ4v) is 3.36. The second-order valence-electron chi connectivity index (χ2n) is 7.97. The van der Waals surface area contributed by atoms with Crippen molar-refractivity contribution in [1.82, 2.24) is 20.2 Å². The van der Waals surface area contributed by atoms with Gasteiger partial charge in [0.2, 0.25) is 0 Å². The van der Waals surface area contributed by atoms with Crippen molar-refractivity contribution in [2.45, 2.75) is 71.9 Å². The van der Waals surface area contributed by atoms with Crippen LogP contribution in [0.4, 0.5) is 14.0 Å². The quantitative estimate of drug-likeness (QED) is 0.607. The molecule has 1 atom stereocenters. The normalized spacial score (nSPS) is 19.2. The first-order valence-electron chi connectivity index (χ1n) is 9.09. The minimum atomic E-state index is -0.876. The lowest BCUT2D eigenvalue weighted by Gasteiger charge is -2.39. The summed E-state index contributed by atoms with van der Waals surface area (Å²) in [6.45, 7) is 11.1. The highest BCUT2D eigenvalue weighted by atomic mass is 19.1. The predicted octanol–water partition coefficient (Wildman–Crippen LogP) is 3.39. The molecular formula is C19H29FN4O3. The molecule has 2 rings (SSSR count). The van der Waals surface area contributed by atoms with Gasteiger partial charge in [-0.15, -0.1) is 0 Å². The van der Waals surface area contributed by atoms with Crippen molar-refractivity contribution in [3.05, 3.63) is 35.6 Å². The average Bonchev–Trinajstić information content (AvgIpc) is 2.75. The van der Waals surface area contributed by atoms with Gasteiger partial charge in [0.05, 0.1) is 5.54 Å². The van der Waals surface area contributed by atoms with E-state index < -0.39 is 17.7 Å². The Labute approximate surface area is 159 Å². The maximum Gasteiger partial charge on any atom is 0.343 e. The molecule has 2 N–H and O–H groups in total. The number of hydrogen-bond acceptors (Lipinski definition) is 3. The minimum absolute atomic E-state index is 0.157. The Morgan fingerprint density at radius 1 is 1.26 bits per heavy atom. The standard InChI is InChI=1S/C19H29FN4O3/c1-12(2)21-17(25)24(27)16-19(5,6)22(18(26)23(16)13(3)4)11-14-7-9-15(20)10-8-14/h7-10,12-13,16,27H,11H2,1-6H3,(H,21,25)/t16-/m0/s1. The summed E-state index contributed by atoms with van der Waals surface area (Å²) in [7, 11) is 0. The van der Waals surface area contributed by atoms with Crippen LogP contribution >= 0.6 is 0 Å². The molecule has 0 radical (unpaired) electrons. The van der Waals surface area contributed by atoms with E-state index in [2.05, 4.69) is 5.32 Å². The van der Waals surface area contributed by atoms with Gasteiger partial charge in [-0.25, -0.2) is 14.0 Å². The lowest BCUT2D eigenvalue weighted by atomic mass is 9.99. The van der Waals surface area contributed by atoms with Crippen molar-refractivity contribution < 1.29 is 19.2 Å². The second kappa shape index (κ2) is 7.72. The Bertz CT molecular complexity index is 691. The van der Waals surface area contributed by atoms with Gasteiger partial charge in [0, 0.05) is 18.6 Å². The number of urea groups is 2. The number of carbonyl (C=O) groups is 2. The molecule has 1 heterocycles. The largest absolute Gasteiger partial charge is 0.343 e. The van der Waals surface area contributed by atoms with Crippen LogP contribution in [-0.2, 0) is 6.54 Å². The zero-order valence-electron chi connectivity index (χ0n) is 16.7. The number of halogens is 1. The fraction of sp³-hybridized carbons (Fsp3) is 0.579. The molecular weight excluding hydrogens is 351 g/mol. The van der Waals surface area contributed by atoms with E-state index in [0.29, 0.717) is 5.06 Å². The molecule has 0 aromatic heterocycles. The van der Waals surface area contributed by atoms with Gasteiger partial charge in [-0.1, -0.05) is 12.1 Å². The Hall–Kier alpha value is -2.35. The molecule has 0 spiro atoms. The summed E-state index contributed by atoms with van der Waals surface area (Å²) in [5, 5.41) is 13.9. The van der Waals surface area contributed by atoms with Gasteiger partial charge in [0.1, 0.15) is 5.82 Å². The molecule has 0 aliphatic carbocycles. The van der Waals surface area contributed by atoms with Crippen LogP contribution in [0.15, 0.2) is 24.3 Å². The van der Waals surface area contributed by atoms with E-state index in [4.69, 9.17) is 0 Å². The van der Waals surface area contributed by atoms with Gasteiger partial charge in [-0.3, -0.25) is 10.1 Å². The van der Waals surface area contributed by atoms with E-state index in [-0.39, 0.29) is 30.5 Å². The summed E-state index contributed by atoms with van der Waals surface area (Å²) in [6.07, 6.45) is -0.871. The van der Waals surface area contributed by atoms with Gasteiger partial charge in [0.15, 0.2) is 6.17 Å². The molecule has 0 bridgehead atoms. The number of benzene rings is 1. The Morgan fingerprint density at radius 3 is 2.30 bits per heavy atom. The third-order valence-electron chi connectivity index (χ3n) is 4.70. The number of hydroxylamine groups is 2. The molecule has 1 fully saturated rings. The maximum absolute atomic E-state index is 13.2. The fourth-order valence-electron chi connectivity index (χ4n) is 3.36. The number of amides is 4. The Kier molecular flexibility index (Phi) is 5.99. The first kappa shape index (κ1) is 21.0. The highest BCUT2D eigenvalue weighted by Gasteiger charge is 2.56. The molecule has 150 valence electrons. The molecule has 1 aromatic carbocycles. The van der Waals surface area contributed by atoms with E-state index in [1.807, 2.05) is 13.8 Å². The average molecular weight is 380 g/mol. The number of nitrogens with one attached hydrogen (secondary N) is 1. The van der Waals surface area contributed by atoms with E-state index in [9.17, 15) is 19.2 Å². The predicted molar refractivity (Wildman–Crippen MR) is 99.5 cm³/mol. The van der Waals surface area contributed by atoms with Crippen LogP contribution in [0.2, 0.25) is 0 Å². The summed E-state index contributed by atoms with van der Waals surface area (Å²) >= 11 is 0. The van der Waals surface area contributed by atoms with Gasteiger partial charge in [-0.2, -0.15) is 5.06 Å². The third kappa shape index (κ3) is 4.16. The highest BCUT2D eigenvalue weighted by Crippen LogP contribution is 2.36. The van der Waals surface area contributed by atoms with Crippen LogP contribution < -0.4 is 5.32 Å². The summed E-state index contributed by atoms with van der Waals surface area (Å²) < 4.78 is 13.2. The molecule has 1 saturated heterocycles. The highest BCUT2D eigenvalue weighted by molar-refractivity contribution is 5.81. The van der Waals surface area contributed by atoms with Crippen molar-refractivity contribution in [1.29, 1.82) is 0 Å². The van der Waals surface area contributed by atoms with Crippen molar-refractivity contribution >= 4 is 12.1 Å². The third-order valence-corrected chi connectivity index (χ3v) is 4.70. The molecule has 1 aliphatic rings. The molecule has 1 aliphatic heterocycles. The van der Waals surface area contributed by atoms with Crippen molar-refractivity contribution in [2.75, 3.05) is 0 Å². The lowest BCUT2D eigenvalue weighted by molar-refractivity contribution is -0.138. The number of carbonyl (C=O) groups excluding carboxylic acids is 2. The van der Waals surface area contributed by atoms with Crippen LogP contribution in [0.25, 0.3) is 0 Å². The van der Waals surface area contributed by atoms with Crippen LogP contribution in [0, 0.1) is 5.82 Å². The Balaban J connectivity index is 2.36. The smallest absolute Gasteiger partial charge is 0.334 e. The van der Waals surface area contributed by atoms with E-state index in [1.54, 1.807) is 44.7 Å². The van der Waals surface area contributed by atoms with Crippen LogP contribution in [-0.4, -0.2) is 55.9 Å². The topological polar surface area (TPSA) is 76.1 Å². The summed E-state index contributed by atoms with van der Waals surface area (Å²) in [5.74, 6) is -0.348. The molecule has 4 amide bonds. The summed E-state index contributed by atoms with van der Waals surface area (Å²) in [5.41, 5.74) is -0.114. The molecule has 7 nitrogen and oxygen atoms in total. The minimum Gasteiger partial charge on any atom is -0.334 e. The number of nitrogens with zero attached hydrogens (tertiary/aromatic N) is 3. The van der Waals surface area contributed by atoms with Crippen LogP contribution in [0.5, 0.6) is 0 Å². The van der Waals surface area contributed by atoms with Gasteiger partial charge in [0.25, 0.3) is 0 Å². The van der Waals surface area contributed by atoms with E-state index in [1.165, 1.54) is 17.0 Å². The summed E-state index contributed by atoms with van der Waals surface area (Å²) in [4.78, 5) is 28.6. The van der Waals surface area contributed by atoms with Crippen LogP contribution in [0.1, 0.15) is 47.1 Å². The first-order valence-corrected chi connectivity index (χ1v) is 9.09. The van der Waals surface area contributed by atoms with E-state index in [0.717, 1.165) is 5.56 Å². The monoisotopic (exact) mass is 380 g/mol. The van der Waals surface area contributed by atoms with Crippen molar-refractivity contribution in [2.24, 2.45) is 0 Å². The van der Waals surface area contributed by atoms with Crippen LogP contribution in [0.3, 0.4) is 0 Å². The first-order chi connectivity index (χ1) is 12.5. The van der Waals surface area contributed by atoms with Gasteiger partial charge >= 0.3 is 12.1 Å². The number of hydrogen-bond donors (Lipinski definition) is 2. The zero-order valence-corrected chi connectivity index (χ0v) is 16.7. The van der Waals surface area contributed by atoms with Gasteiger partial charge < -0.3 is 10.2 Å². The maximum atomic E-state index is 13.2. The van der Waals surface area contributed by atoms with Gasteiger partial charge in [-0.05, 0) is 59.2 Å². The molecule has 0 saturated carbocycles. The molecule has 8 heteroatoms. The SMILES string of the molecule is CC(C)NC(=O)N(O)[C@@H]1N(C(C)C)C(=O)N(Cc2ccc(F)cc2)C1(C)C. The molecule has 27 heavy (non-hydrogen) atoms. The molecule has 0 unspecified atom stereocenters. The molecule has 1 aromatic rings. The second-order valence-corrected chi connectivity index (χ2v) is 7.97. The lowest BCUT2D eigenvalue weighted by Crippen LogP contribution is -2.60. The number of rotatable bonds is 5. The van der Waals surface area contributed by atoms with Crippen molar-refractivity contribution in [3.63, 3.8) is 0 Å². The van der Waals surface area contributed by atoms with Crippen molar-refractivity contribution in [3.8, 4) is 0 Å². The Morgan fingerprint density at radius 2 is 1.81 bits per heavy atom.